The van der Waals surface area contributed by atoms with Gasteiger partial charge in [0, 0.05) is 11.8 Å². The largest absolute Gasteiger partial charge is 0.411 e. The van der Waals surface area contributed by atoms with Gasteiger partial charge in [0.25, 0.3) is 0 Å². The Bertz CT molecular complexity index is 570. The van der Waals surface area contributed by atoms with Crippen LogP contribution in [0.5, 0.6) is 0 Å². The highest BCUT2D eigenvalue weighted by Gasteiger charge is 2.62. The Kier molecular flexibility index (Phi) is 3.85. The lowest BCUT2D eigenvalue weighted by molar-refractivity contribution is -0.126. The summed E-state index contributed by atoms with van der Waals surface area (Å²) >= 11 is 0. The second-order valence-electron chi connectivity index (χ2n) is 9.79. The maximum absolute atomic E-state index is 12.2. The molecule has 0 heterocycles. The lowest BCUT2D eigenvalue weighted by atomic mass is 9.44. The maximum atomic E-state index is 12.2. The van der Waals surface area contributed by atoms with Crippen molar-refractivity contribution in [1.82, 2.24) is 0 Å². The molecule has 24 heavy (non-hydrogen) atoms. The first-order valence-corrected chi connectivity index (χ1v) is 10.1. The van der Waals surface area contributed by atoms with Crippen molar-refractivity contribution in [3.8, 4) is 0 Å². The van der Waals surface area contributed by atoms with E-state index in [1.807, 2.05) is 0 Å². The second kappa shape index (κ2) is 5.57. The van der Waals surface area contributed by atoms with E-state index in [9.17, 15) is 10.0 Å². The molecule has 0 aromatic rings. The molecule has 4 aliphatic rings. The Hall–Kier alpha value is -0.860. The van der Waals surface area contributed by atoms with Gasteiger partial charge in [-0.25, -0.2) is 0 Å². The second-order valence-corrected chi connectivity index (χ2v) is 9.79. The zero-order chi connectivity index (χ0) is 17.1. The van der Waals surface area contributed by atoms with E-state index in [2.05, 4.69) is 19.0 Å². The molecule has 0 amide bonds. The van der Waals surface area contributed by atoms with Crippen LogP contribution in [0, 0.1) is 40.4 Å². The van der Waals surface area contributed by atoms with Crippen LogP contribution in [0.4, 0.5) is 0 Å². The molecule has 7 atom stereocenters. The van der Waals surface area contributed by atoms with Crippen LogP contribution in [0.1, 0.15) is 78.6 Å². The van der Waals surface area contributed by atoms with Crippen molar-refractivity contribution in [2.24, 2.45) is 45.6 Å². The number of rotatable bonds is 1. The standard InChI is InChI=1S/C21H33NO2/c1-13(23)16-9-10-17-15-8-7-14-6-4-5-11-20(14,2)19(15)18(22-24)12-21(16,17)3/h14-17,19,24H,4-12H2,1-3H3/t14?,15-,16+,17-,19+,20-,21+/m0/s1. The Morgan fingerprint density at radius 3 is 2.58 bits per heavy atom. The van der Waals surface area contributed by atoms with Gasteiger partial charge < -0.3 is 5.21 Å². The summed E-state index contributed by atoms with van der Waals surface area (Å²) in [6, 6.07) is 0. The van der Waals surface area contributed by atoms with Gasteiger partial charge in [-0.3, -0.25) is 4.79 Å². The third-order valence-corrected chi connectivity index (χ3v) is 8.90. The lowest BCUT2D eigenvalue weighted by Gasteiger charge is -2.60. The molecule has 3 heteroatoms. The van der Waals surface area contributed by atoms with Gasteiger partial charge in [0.2, 0.25) is 0 Å². The number of hydrogen-bond donors (Lipinski definition) is 1. The highest BCUT2D eigenvalue weighted by atomic mass is 16.4. The first-order chi connectivity index (χ1) is 11.4. The molecule has 4 saturated carbocycles. The number of carbonyl (C=O) groups excluding carboxylic acids is 1. The van der Waals surface area contributed by atoms with E-state index in [0.717, 1.165) is 24.5 Å². The first kappa shape index (κ1) is 16.6. The van der Waals surface area contributed by atoms with Gasteiger partial charge in [-0.15, -0.1) is 0 Å². The number of hydrogen-bond acceptors (Lipinski definition) is 3. The minimum Gasteiger partial charge on any atom is -0.411 e. The minimum atomic E-state index is 0.0203. The summed E-state index contributed by atoms with van der Waals surface area (Å²) in [6.07, 6.45) is 11.0. The predicted molar refractivity (Wildman–Crippen MR) is 95.1 cm³/mol. The third-order valence-electron chi connectivity index (χ3n) is 8.90. The number of Topliss-reactive ketones (excluding diaryl/α,β-unsaturated/α-hetero) is 1. The fraction of sp³-hybridized carbons (Fsp3) is 0.905. The van der Waals surface area contributed by atoms with Gasteiger partial charge in [0.1, 0.15) is 5.78 Å². The molecule has 0 aliphatic heterocycles. The molecule has 0 spiro atoms. The number of fused-ring (bicyclic) bond motifs is 5. The topological polar surface area (TPSA) is 49.7 Å². The molecule has 1 N–H and O–H groups in total. The van der Waals surface area contributed by atoms with E-state index in [0.29, 0.717) is 29.0 Å². The van der Waals surface area contributed by atoms with Crippen LogP contribution in [0.2, 0.25) is 0 Å². The van der Waals surface area contributed by atoms with Gasteiger partial charge in [-0.2, -0.15) is 0 Å². The average Bonchev–Trinajstić information content (AvgIpc) is 2.90. The summed E-state index contributed by atoms with van der Waals surface area (Å²) in [7, 11) is 0. The average molecular weight is 332 g/mol. The normalized spacial score (nSPS) is 52.5. The van der Waals surface area contributed by atoms with E-state index >= 15 is 0 Å². The smallest absolute Gasteiger partial charge is 0.133 e. The highest BCUT2D eigenvalue weighted by molar-refractivity contribution is 5.90. The van der Waals surface area contributed by atoms with Gasteiger partial charge >= 0.3 is 0 Å². The number of oxime groups is 1. The first-order valence-electron chi connectivity index (χ1n) is 10.1. The molecule has 1 unspecified atom stereocenters. The Balaban J connectivity index is 1.74. The molecule has 0 radical (unpaired) electrons. The Morgan fingerprint density at radius 1 is 1.08 bits per heavy atom. The fourth-order valence-corrected chi connectivity index (χ4v) is 7.91. The van der Waals surface area contributed by atoms with Crippen LogP contribution >= 0.6 is 0 Å². The van der Waals surface area contributed by atoms with Crippen LogP contribution in [-0.2, 0) is 4.79 Å². The van der Waals surface area contributed by atoms with Crippen LogP contribution in [0.3, 0.4) is 0 Å². The van der Waals surface area contributed by atoms with E-state index in [1.165, 1.54) is 44.9 Å². The molecule has 0 aromatic heterocycles. The fourth-order valence-electron chi connectivity index (χ4n) is 7.91. The Morgan fingerprint density at radius 2 is 1.88 bits per heavy atom. The molecule has 0 saturated heterocycles. The van der Waals surface area contributed by atoms with Crippen molar-refractivity contribution in [2.75, 3.05) is 0 Å². The summed E-state index contributed by atoms with van der Waals surface area (Å²) in [4.78, 5) is 12.2. The van der Waals surface area contributed by atoms with Gasteiger partial charge in [0.15, 0.2) is 0 Å². The van der Waals surface area contributed by atoms with Crippen molar-refractivity contribution in [3.63, 3.8) is 0 Å². The van der Waals surface area contributed by atoms with E-state index in [4.69, 9.17) is 0 Å². The molecular weight excluding hydrogens is 298 g/mol. The molecule has 3 nitrogen and oxygen atoms in total. The van der Waals surface area contributed by atoms with E-state index in [-0.39, 0.29) is 11.3 Å². The molecule has 134 valence electrons. The van der Waals surface area contributed by atoms with Crippen LogP contribution < -0.4 is 0 Å². The zero-order valence-corrected chi connectivity index (χ0v) is 15.6. The number of carbonyl (C=O) groups is 1. The Labute approximate surface area is 146 Å². The third kappa shape index (κ3) is 2.08. The van der Waals surface area contributed by atoms with Crippen molar-refractivity contribution in [2.45, 2.75) is 78.6 Å². The predicted octanol–water partition coefficient (Wildman–Crippen LogP) is 5.06. The SMILES string of the molecule is CC(=O)[C@H]1CC[C@H]2[C@@H]3CCC4CCCC[C@]4(C)[C@H]3C(=NO)C[C@]12C. The lowest BCUT2D eigenvalue weighted by Crippen LogP contribution is -2.57. The van der Waals surface area contributed by atoms with Crippen LogP contribution in [0.25, 0.3) is 0 Å². The number of ketones is 1. The van der Waals surface area contributed by atoms with E-state index < -0.39 is 0 Å². The number of nitrogens with zero attached hydrogens (tertiary/aromatic N) is 1. The monoisotopic (exact) mass is 331 g/mol. The summed E-state index contributed by atoms with van der Waals surface area (Å²) in [5.74, 6) is 3.02. The molecule has 0 bridgehead atoms. The highest BCUT2D eigenvalue weighted by Crippen LogP contribution is 2.66. The maximum Gasteiger partial charge on any atom is 0.133 e. The summed E-state index contributed by atoms with van der Waals surface area (Å²) in [5, 5.41) is 13.8. The quantitative estimate of drug-likeness (QED) is 0.539. The van der Waals surface area contributed by atoms with Gasteiger partial charge in [-0.05, 0) is 80.5 Å². The summed E-state index contributed by atoms with van der Waals surface area (Å²) in [6.45, 7) is 6.56. The van der Waals surface area contributed by atoms with Gasteiger partial charge in [-0.1, -0.05) is 31.8 Å². The van der Waals surface area contributed by atoms with Crippen molar-refractivity contribution >= 4 is 11.5 Å². The minimum absolute atomic E-state index is 0.0203. The van der Waals surface area contributed by atoms with Crippen LogP contribution in [0.15, 0.2) is 5.16 Å². The summed E-state index contributed by atoms with van der Waals surface area (Å²) < 4.78 is 0. The zero-order valence-electron chi connectivity index (χ0n) is 15.6. The van der Waals surface area contributed by atoms with Gasteiger partial charge in [0.05, 0.1) is 5.71 Å². The molecule has 0 aromatic carbocycles. The molecule has 4 aliphatic carbocycles. The van der Waals surface area contributed by atoms with E-state index in [1.54, 1.807) is 6.92 Å². The van der Waals surface area contributed by atoms with Crippen molar-refractivity contribution in [1.29, 1.82) is 0 Å². The van der Waals surface area contributed by atoms with Crippen molar-refractivity contribution in [3.05, 3.63) is 0 Å². The van der Waals surface area contributed by atoms with Crippen molar-refractivity contribution < 1.29 is 10.0 Å². The molecule has 4 fully saturated rings. The van der Waals surface area contributed by atoms with Crippen LogP contribution in [-0.4, -0.2) is 16.7 Å². The molecular formula is C21H33NO2. The summed E-state index contributed by atoms with van der Waals surface area (Å²) in [5.41, 5.74) is 1.37. The molecule has 4 rings (SSSR count).